The van der Waals surface area contributed by atoms with Crippen molar-refractivity contribution in [3.05, 3.63) is 0 Å². The van der Waals surface area contributed by atoms with Crippen LogP contribution in [-0.2, 0) is 4.79 Å². The lowest BCUT2D eigenvalue weighted by Crippen LogP contribution is -2.93. The van der Waals surface area contributed by atoms with Crippen molar-refractivity contribution >= 4 is 5.91 Å². The quantitative estimate of drug-likeness (QED) is 0.698. The van der Waals surface area contributed by atoms with E-state index in [0.29, 0.717) is 29.6 Å². The zero-order valence-corrected chi connectivity index (χ0v) is 9.87. The Labute approximate surface area is 90.8 Å². The fourth-order valence-electron chi connectivity index (χ4n) is 5.65. The molecule has 0 aliphatic heterocycles. The molecule has 3 fully saturated rings. The normalized spacial score (nSPS) is 64.7. The Bertz CT molecular complexity index is 320. The summed E-state index contributed by atoms with van der Waals surface area (Å²) < 4.78 is 0. The SMILES string of the molecule is CNC1(C)C2C(C)C3(C(N)=O)C(C)C1C23. The van der Waals surface area contributed by atoms with Gasteiger partial charge in [0.1, 0.15) is 0 Å². The third-order valence-electron chi connectivity index (χ3n) is 6.26. The summed E-state index contributed by atoms with van der Waals surface area (Å²) in [4.78, 5) is 11.7. The van der Waals surface area contributed by atoms with Crippen LogP contribution < -0.4 is 11.1 Å². The van der Waals surface area contributed by atoms with Crippen molar-refractivity contribution in [2.24, 2.45) is 40.7 Å². The van der Waals surface area contributed by atoms with Gasteiger partial charge in [-0.2, -0.15) is 0 Å². The molecule has 3 nitrogen and oxygen atoms in total. The van der Waals surface area contributed by atoms with E-state index in [1.165, 1.54) is 0 Å². The molecule has 0 saturated heterocycles. The molecule has 4 atom stereocenters. The van der Waals surface area contributed by atoms with Crippen LogP contribution in [0.1, 0.15) is 20.8 Å². The largest absolute Gasteiger partial charge is 0.369 e. The Morgan fingerprint density at radius 2 is 1.67 bits per heavy atom. The topological polar surface area (TPSA) is 55.1 Å². The van der Waals surface area contributed by atoms with E-state index in [2.05, 4.69) is 26.1 Å². The molecule has 3 rings (SSSR count). The summed E-state index contributed by atoms with van der Waals surface area (Å²) in [5.74, 6) is 2.76. The van der Waals surface area contributed by atoms with Crippen molar-refractivity contribution < 1.29 is 4.79 Å². The molecular weight excluding hydrogens is 188 g/mol. The Hall–Kier alpha value is -0.570. The Morgan fingerprint density at radius 3 is 1.93 bits per heavy atom. The van der Waals surface area contributed by atoms with Crippen LogP contribution >= 0.6 is 0 Å². The van der Waals surface area contributed by atoms with Gasteiger partial charge < -0.3 is 11.1 Å². The summed E-state index contributed by atoms with van der Waals surface area (Å²) in [5.41, 5.74) is 5.71. The van der Waals surface area contributed by atoms with Gasteiger partial charge in [-0.25, -0.2) is 0 Å². The lowest BCUT2D eigenvalue weighted by atomic mass is 9.17. The predicted molar refractivity (Wildman–Crippen MR) is 57.9 cm³/mol. The van der Waals surface area contributed by atoms with Gasteiger partial charge in [-0.05, 0) is 43.6 Å². The highest BCUT2D eigenvalue weighted by Crippen LogP contribution is 2.84. The van der Waals surface area contributed by atoms with E-state index in [1.807, 2.05) is 7.05 Å². The van der Waals surface area contributed by atoms with Crippen molar-refractivity contribution in [2.75, 3.05) is 7.05 Å². The number of hydrogen-bond donors (Lipinski definition) is 2. The van der Waals surface area contributed by atoms with Gasteiger partial charge in [-0.3, -0.25) is 4.79 Å². The van der Waals surface area contributed by atoms with E-state index in [9.17, 15) is 4.79 Å². The highest BCUT2D eigenvalue weighted by Gasteiger charge is 2.88. The van der Waals surface area contributed by atoms with Crippen LogP contribution in [-0.4, -0.2) is 18.5 Å². The van der Waals surface area contributed by atoms with E-state index in [0.717, 1.165) is 0 Å². The van der Waals surface area contributed by atoms with Crippen molar-refractivity contribution in [3.8, 4) is 0 Å². The molecule has 1 amide bonds. The van der Waals surface area contributed by atoms with Crippen molar-refractivity contribution in [2.45, 2.75) is 26.3 Å². The smallest absolute Gasteiger partial charge is 0.224 e. The molecule has 0 aromatic carbocycles. The van der Waals surface area contributed by atoms with Crippen LogP contribution in [0.2, 0.25) is 0 Å². The van der Waals surface area contributed by atoms with Crippen LogP contribution in [0.5, 0.6) is 0 Å². The van der Waals surface area contributed by atoms with Crippen molar-refractivity contribution in [1.82, 2.24) is 5.32 Å². The molecule has 3 N–H and O–H groups in total. The van der Waals surface area contributed by atoms with Crippen molar-refractivity contribution in [3.63, 3.8) is 0 Å². The van der Waals surface area contributed by atoms with Crippen LogP contribution in [0.4, 0.5) is 0 Å². The number of hydrogen-bond acceptors (Lipinski definition) is 2. The molecule has 0 radical (unpaired) electrons. The lowest BCUT2D eigenvalue weighted by molar-refractivity contribution is -0.380. The van der Waals surface area contributed by atoms with Gasteiger partial charge in [0.15, 0.2) is 0 Å². The maximum Gasteiger partial charge on any atom is 0.224 e. The first-order valence-electron chi connectivity index (χ1n) is 5.92. The number of nitrogens with two attached hydrogens (primary N) is 1. The van der Waals surface area contributed by atoms with Gasteiger partial charge in [0.05, 0.1) is 5.41 Å². The molecule has 0 aromatic rings. The lowest BCUT2D eigenvalue weighted by Gasteiger charge is -2.88. The molecule has 3 heteroatoms. The molecule has 4 unspecified atom stereocenters. The number of amides is 1. The minimum atomic E-state index is -0.147. The summed E-state index contributed by atoms with van der Waals surface area (Å²) in [6, 6.07) is 0. The van der Waals surface area contributed by atoms with Crippen LogP contribution in [0, 0.1) is 35.0 Å². The molecule has 3 saturated carbocycles. The average molecular weight is 208 g/mol. The zero-order valence-electron chi connectivity index (χ0n) is 9.87. The molecule has 0 spiro atoms. The van der Waals surface area contributed by atoms with Gasteiger partial charge in [-0.1, -0.05) is 13.8 Å². The van der Waals surface area contributed by atoms with E-state index in [1.54, 1.807) is 0 Å². The third kappa shape index (κ3) is 0.592. The number of nitrogens with one attached hydrogen (secondary N) is 1. The minimum Gasteiger partial charge on any atom is -0.369 e. The van der Waals surface area contributed by atoms with E-state index >= 15 is 0 Å². The van der Waals surface area contributed by atoms with Crippen LogP contribution in [0.15, 0.2) is 0 Å². The standard InChI is InChI=1S/C12H20N2O/c1-5-7-9-8(11(7,3)14-4)6(2)12(5,9)10(13)15/h5-9,14H,1-4H3,(H2,13,15). The first kappa shape index (κ1) is 9.64. The summed E-state index contributed by atoms with van der Waals surface area (Å²) in [6.45, 7) is 6.71. The van der Waals surface area contributed by atoms with Crippen LogP contribution in [0.3, 0.4) is 0 Å². The summed E-state index contributed by atoms with van der Waals surface area (Å²) >= 11 is 0. The number of rotatable bonds is 2. The Balaban J connectivity index is 1.99. The molecule has 15 heavy (non-hydrogen) atoms. The van der Waals surface area contributed by atoms with Gasteiger partial charge in [-0.15, -0.1) is 0 Å². The molecule has 3 aliphatic rings. The molecule has 0 aromatic heterocycles. The molecule has 0 heterocycles. The highest BCUT2D eigenvalue weighted by atomic mass is 16.1. The minimum absolute atomic E-state index is 0.0573. The van der Waals surface area contributed by atoms with Gasteiger partial charge in [0, 0.05) is 5.54 Å². The van der Waals surface area contributed by atoms with E-state index in [-0.39, 0.29) is 16.9 Å². The monoisotopic (exact) mass is 208 g/mol. The summed E-state index contributed by atoms with van der Waals surface area (Å²) in [7, 11) is 2.04. The summed E-state index contributed by atoms with van der Waals surface area (Å²) in [6.07, 6.45) is 0. The van der Waals surface area contributed by atoms with Crippen molar-refractivity contribution in [1.29, 1.82) is 0 Å². The molecule has 0 bridgehead atoms. The number of carbonyl (C=O) groups is 1. The van der Waals surface area contributed by atoms with Crippen LogP contribution in [0.25, 0.3) is 0 Å². The highest BCUT2D eigenvalue weighted by molar-refractivity contribution is 5.86. The van der Waals surface area contributed by atoms with E-state index in [4.69, 9.17) is 5.73 Å². The molecule has 3 aliphatic carbocycles. The van der Waals surface area contributed by atoms with Gasteiger partial charge >= 0.3 is 0 Å². The Kier molecular flexibility index (Phi) is 1.44. The Morgan fingerprint density at radius 1 is 1.20 bits per heavy atom. The second-order valence-electron chi connectivity index (χ2n) is 5.98. The summed E-state index contributed by atoms with van der Waals surface area (Å²) in [5, 5.41) is 3.46. The number of carbonyl (C=O) groups excluding carboxylic acids is 1. The average Bonchev–Trinajstić information content (AvgIpc) is 2.13. The number of primary amides is 1. The maximum atomic E-state index is 11.7. The third-order valence-corrected chi connectivity index (χ3v) is 6.26. The fourth-order valence-corrected chi connectivity index (χ4v) is 5.65. The maximum absolute atomic E-state index is 11.7. The molecular formula is C12H20N2O. The van der Waals surface area contributed by atoms with Gasteiger partial charge in [0.2, 0.25) is 5.91 Å². The predicted octanol–water partition coefficient (Wildman–Crippen LogP) is 0.598. The fraction of sp³-hybridized carbons (Fsp3) is 0.917. The first-order valence-corrected chi connectivity index (χ1v) is 5.92. The second-order valence-corrected chi connectivity index (χ2v) is 5.98. The van der Waals surface area contributed by atoms with E-state index < -0.39 is 0 Å². The van der Waals surface area contributed by atoms with Gasteiger partial charge in [0.25, 0.3) is 0 Å². The second kappa shape index (κ2) is 2.24. The zero-order chi connectivity index (χ0) is 11.2. The molecule has 84 valence electrons. The first-order chi connectivity index (χ1) is 6.94.